The molecule has 10 aromatic carbocycles. The Morgan fingerprint density at radius 2 is 0.885 bits per heavy atom. The van der Waals surface area contributed by atoms with Crippen LogP contribution >= 0.6 is 0 Å². The number of aromatic nitrogens is 1. The van der Waals surface area contributed by atoms with Gasteiger partial charge in [-0.15, -0.1) is 0 Å². The summed E-state index contributed by atoms with van der Waals surface area (Å²) in [7, 11) is 0. The number of hydrogen-bond donors (Lipinski definition) is 0. The molecule has 0 atom stereocenters. The summed E-state index contributed by atoms with van der Waals surface area (Å²) in [5, 5.41) is 7.05. The van der Waals surface area contributed by atoms with Crippen molar-refractivity contribution >= 4 is 71.6 Å². The lowest BCUT2D eigenvalue weighted by molar-refractivity contribution is 0.666. The van der Waals surface area contributed by atoms with E-state index in [9.17, 15) is 0 Å². The van der Waals surface area contributed by atoms with E-state index < -0.39 is 0 Å². The molecule has 0 aliphatic carbocycles. The van der Waals surface area contributed by atoms with E-state index in [1.54, 1.807) is 0 Å². The topological polar surface area (TPSA) is 21.3 Å². The molecule has 0 spiro atoms. The molecule has 0 radical (unpaired) electrons. The summed E-state index contributed by atoms with van der Waals surface area (Å²) < 4.78 is 9.04. The molecule has 0 aliphatic rings. The van der Waals surface area contributed by atoms with Crippen LogP contribution in [0.15, 0.2) is 235 Å². The highest BCUT2D eigenvalue weighted by atomic mass is 16.3. The Hall–Kier alpha value is -8.14. The molecule has 0 unspecified atom stereocenters. The first kappa shape index (κ1) is 34.9. The Kier molecular flexibility index (Phi) is 8.17. The SMILES string of the molecule is c1ccc(-c2ccc(N(c3ccccc3-c3cccc4ccccc34)c3ccccc3-c3cccc4c3c3ccccc3n4-c3cccc4c3oc3ccccc34)cc2)cc1. The second-order valence-corrected chi connectivity index (χ2v) is 15.6. The van der Waals surface area contributed by atoms with Crippen LogP contribution in [0.2, 0.25) is 0 Å². The molecule has 0 aliphatic heterocycles. The maximum absolute atomic E-state index is 6.65. The zero-order valence-corrected chi connectivity index (χ0v) is 33.2. The molecule has 2 aromatic heterocycles. The van der Waals surface area contributed by atoms with E-state index in [2.05, 4.69) is 234 Å². The molecule has 0 saturated heterocycles. The third-order valence-electron chi connectivity index (χ3n) is 12.2. The van der Waals surface area contributed by atoms with Crippen LogP contribution in [0, 0.1) is 0 Å². The number of para-hydroxylation sites is 5. The quantitative estimate of drug-likeness (QED) is 0.161. The van der Waals surface area contributed by atoms with E-state index in [4.69, 9.17) is 4.42 Å². The van der Waals surface area contributed by atoms with Crippen LogP contribution in [0.25, 0.3) is 93.6 Å². The number of furan rings is 1. The van der Waals surface area contributed by atoms with Gasteiger partial charge in [-0.3, -0.25) is 0 Å². The number of rotatable bonds is 7. The lowest BCUT2D eigenvalue weighted by Gasteiger charge is -2.30. The van der Waals surface area contributed by atoms with Gasteiger partial charge in [0.05, 0.1) is 28.1 Å². The van der Waals surface area contributed by atoms with Crippen LogP contribution < -0.4 is 4.90 Å². The third kappa shape index (κ3) is 5.66. The monoisotopic (exact) mass is 778 g/mol. The first-order chi connectivity index (χ1) is 30.3. The summed E-state index contributed by atoms with van der Waals surface area (Å²) in [5.41, 5.74) is 15.3. The molecule has 0 saturated carbocycles. The van der Waals surface area contributed by atoms with Gasteiger partial charge < -0.3 is 13.9 Å². The normalized spacial score (nSPS) is 11.6. The van der Waals surface area contributed by atoms with E-state index in [-0.39, 0.29) is 0 Å². The van der Waals surface area contributed by atoms with Gasteiger partial charge in [0.25, 0.3) is 0 Å². The smallest absolute Gasteiger partial charge is 0.159 e. The Labute approximate surface area is 353 Å². The molecule has 0 N–H and O–H groups in total. The standard InChI is InChI=1S/C58H38N2O/c1-2-17-39(18-3-1)40-35-37-42(38-36-40)59(51-29-10-6-22-45(51)44-26-14-20-41-19-4-5-21-43(41)44)52-30-11-7-23-46(52)48-27-15-32-54-57(48)50-25-8-12-31-53(50)60(54)55-33-16-28-49-47-24-9-13-34-56(47)61-58(49)55/h1-38H. The van der Waals surface area contributed by atoms with Gasteiger partial charge in [-0.1, -0.05) is 182 Å². The Balaban J connectivity index is 1.11. The first-order valence-electron chi connectivity index (χ1n) is 20.9. The Morgan fingerprint density at radius 3 is 1.70 bits per heavy atom. The average molecular weight is 779 g/mol. The average Bonchev–Trinajstić information content (AvgIpc) is 3.89. The highest BCUT2D eigenvalue weighted by molar-refractivity contribution is 6.18. The minimum Gasteiger partial charge on any atom is -0.454 e. The zero-order valence-electron chi connectivity index (χ0n) is 33.2. The molecule has 286 valence electrons. The highest BCUT2D eigenvalue weighted by Gasteiger charge is 2.24. The molecular weight excluding hydrogens is 741 g/mol. The molecule has 0 fully saturated rings. The van der Waals surface area contributed by atoms with Gasteiger partial charge in [-0.2, -0.15) is 0 Å². The van der Waals surface area contributed by atoms with E-state index in [0.29, 0.717) is 0 Å². The van der Waals surface area contributed by atoms with Crippen molar-refractivity contribution in [3.05, 3.63) is 231 Å². The molecule has 12 rings (SSSR count). The molecule has 2 heterocycles. The van der Waals surface area contributed by atoms with Crippen molar-refractivity contribution in [2.75, 3.05) is 4.90 Å². The van der Waals surface area contributed by atoms with Gasteiger partial charge in [-0.25, -0.2) is 0 Å². The van der Waals surface area contributed by atoms with Gasteiger partial charge in [0, 0.05) is 38.4 Å². The van der Waals surface area contributed by atoms with E-state index in [1.165, 1.54) is 38.2 Å². The van der Waals surface area contributed by atoms with E-state index in [1.807, 2.05) is 6.07 Å². The van der Waals surface area contributed by atoms with Crippen molar-refractivity contribution in [1.82, 2.24) is 4.57 Å². The predicted molar refractivity (Wildman–Crippen MR) is 257 cm³/mol. The molecule has 61 heavy (non-hydrogen) atoms. The molecule has 3 heteroatoms. The maximum atomic E-state index is 6.65. The van der Waals surface area contributed by atoms with Crippen molar-refractivity contribution < 1.29 is 4.42 Å². The van der Waals surface area contributed by atoms with E-state index >= 15 is 0 Å². The van der Waals surface area contributed by atoms with Crippen LogP contribution in [0.4, 0.5) is 17.1 Å². The Morgan fingerprint density at radius 1 is 0.344 bits per heavy atom. The number of hydrogen-bond acceptors (Lipinski definition) is 2. The van der Waals surface area contributed by atoms with Crippen molar-refractivity contribution in [3.63, 3.8) is 0 Å². The van der Waals surface area contributed by atoms with Gasteiger partial charge >= 0.3 is 0 Å². The summed E-state index contributed by atoms with van der Waals surface area (Å²) in [6.45, 7) is 0. The number of anilines is 3. The predicted octanol–water partition coefficient (Wildman–Crippen LogP) is 16.3. The highest BCUT2D eigenvalue weighted by Crippen LogP contribution is 2.48. The van der Waals surface area contributed by atoms with Crippen molar-refractivity contribution in [1.29, 1.82) is 0 Å². The molecule has 12 aromatic rings. The lowest BCUT2D eigenvalue weighted by Crippen LogP contribution is -2.12. The van der Waals surface area contributed by atoms with Gasteiger partial charge in [0.1, 0.15) is 5.58 Å². The van der Waals surface area contributed by atoms with Crippen LogP contribution in [-0.4, -0.2) is 4.57 Å². The number of fused-ring (bicyclic) bond motifs is 7. The lowest BCUT2D eigenvalue weighted by atomic mass is 9.94. The molecule has 0 amide bonds. The summed E-state index contributed by atoms with van der Waals surface area (Å²) in [4.78, 5) is 2.45. The van der Waals surface area contributed by atoms with Crippen molar-refractivity contribution in [3.8, 4) is 39.1 Å². The molecule has 3 nitrogen and oxygen atoms in total. The summed E-state index contributed by atoms with van der Waals surface area (Å²) in [6.07, 6.45) is 0. The van der Waals surface area contributed by atoms with Crippen molar-refractivity contribution in [2.24, 2.45) is 0 Å². The van der Waals surface area contributed by atoms with Gasteiger partial charge in [-0.05, 0) is 81.6 Å². The van der Waals surface area contributed by atoms with Crippen LogP contribution in [0.1, 0.15) is 0 Å². The first-order valence-corrected chi connectivity index (χ1v) is 20.9. The van der Waals surface area contributed by atoms with Crippen LogP contribution in [0.5, 0.6) is 0 Å². The third-order valence-corrected chi connectivity index (χ3v) is 12.2. The van der Waals surface area contributed by atoms with Crippen LogP contribution in [0.3, 0.4) is 0 Å². The fourth-order valence-corrected chi connectivity index (χ4v) is 9.51. The summed E-state index contributed by atoms with van der Waals surface area (Å²) >= 11 is 0. The number of nitrogens with zero attached hydrogens (tertiary/aromatic N) is 2. The largest absolute Gasteiger partial charge is 0.454 e. The minimum absolute atomic E-state index is 0.882. The second-order valence-electron chi connectivity index (χ2n) is 15.6. The summed E-state index contributed by atoms with van der Waals surface area (Å²) in [6, 6.07) is 82.9. The second kappa shape index (κ2) is 14.3. The van der Waals surface area contributed by atoms with E-state index in [0.717, 1.165) is 72.4 Å². The Bertz CT molecular complexity index is 3590. The fourth-order valence-electron chi connectivity index (χ4n) is 9.51. The maximum Gasteiger partial charge on any atom is 0.159 e. The molecule has 0 bridgehead atoms. The summed E-state index contributed by atoms with van der Waals surface area (Å²) in [5.74, 6) is 0. The minimum atomic E-state index is 0.882. The van der Waals surface area contributed by atoms with Crippen molar-refractivity contribution in [2.45, 2.75) is 0 Å². The van der Waals surface area contributed by atoms with Crippen LogP contribution in [-0.2, 0) is 0 Å². The van der Waals surface area contributed by atoms with Gasteiger partial charge in [0.2, 0.25) is 0 Å². The number of benzene rings is 10. The zero-order chi connectivity index (χ0) is 40.3. The fraction of sp³-hybridized carbons (Fsp3) is 0. The molecular formula is C58H38N2O. The van der Waals surface area contributed by atoms with Gasteiger partial charge in [0.15, 0.2) is 5.58 Å².